The number of carbonyl (C=O) groups is 2. The highest BCUT2D eigenvalue weighted by atomic mass is 16.5. The van der Waals surface area contributed by atoms with Gasteiger partial charge in [-0.15, -0.1) is 0 Å². The van der Waals surface area contributed by atoms with Crippen molar-refractivity contribution in [1.29, 1.82) is 0 Å². The second kappa shape index (κ2) is 5.26. The zero-order valence-corrected chi connectivity index (χ0v) is 11.6. The molecule has 0 aromatic rings. The van der Waals surface area contributed by atoms with Crippen molar-refractivity contribution in [3.8, 4) is 0 Å². The molecule has 0 aliphatic heterocycles. The SMILES string of the molecule is COC1(CC(=O)N[C@H](C(=O)O)C(C)(C)C)CCC1. The lowest BCUT2D eigenvalue weighted by Crippen LogP contribution is -2.52. The Balaban J connectivity index is 2.60. The lowest BCUT2D eigenvalue weighted by molar-refractivity contribution is -0.147. The molecule has 1 rings (SSSR count). The molecule has 2 N–H and O–H groups in total. The van der Waals surface area contributed by atoms with Gasteiger partial charge in [0, 0.05) is 7.11 Å². The summed E-state index contributed by atoms with van der Waals surface area (Å²) in [5, 5.41) is 11.7. The molecule has 0 saturated heterocycles. The van der Waals surface area contributed by atoms with Crippen molar-refractivity contribution in [3.05, 3.63) is 0 Å². The van der Waals surface area contributed by atoms with E-state index in [4.69, 9.17) is 9.84 Å². The molecule has 0 unspecified atom stereocenters. The minimum absolute atomic E-state index is 0.239. The molecule has 0 spiro atoms. The van der Waals surface area contributed by atoms with Gasteiger partial charge in [-0.1, -0.05) is 20.8 Å². The van der Waals surface area contributed by atoms with Crippen molar-refractivity contribution >= 4 is 11.9 Å². The maximum atomic E-state index is 11.9. The largest absolute Gasteiger partial charge is 0.480 e. The number of hydrogen-bond donors (Lipinski definition) is 2. The zero-order chi connectivity index (χ0) is 14.0. The van der Waals surface area contributed by atoms with Crippen LogP contribution in [0.5, 0.6) is 0 Å². The summed E-state index contributed by atoms with van der Waals surface area (Å²) in [4.78, 5) is 23.1. The first-order valence-corrected chi connectivity index (χ1v) is 6.27. The van der Waals surface area contributed by atoms with E-state index in [0.29, 0.717) is 0 Å². The average Bonchev–Trinajstić information content (AvgIpc) is 2.18. The van der Waals surface area contributed by atoms with Crippen molar-refractivity contribution in [2.75, 3.05) is 7.11 Å². The number of hydrogen-bond acceptors (Lipinski definition) is 3. The van der Waals surface area contributed by atoms with Crippen LogP contribution in [0.25, 0.3) is 0 Å². The summed E-state index contributed by atoms with van der Waals surface area (Å²) < 4.78 is 5.36. The Labute approximate surface area is 108 Å². The molecule has 5 nitrogen and oxygen atoms in total. The fourth-order valence-corrected chi connectivity index (χ4v) is 2.18. The zero-order valence-electron chi connectivity index (χ0n) is 11.6. The molecule has 0 aromatic heterocycles. The van der Waals surface area contributed by atoms with Gasteiger partial charge in [0.25, 0.3) is 0 Å². The van der Waals surface area contributed by atoms with Crippen LogP contribution in [0.1, 0.15) is 46.5 Å². The summed E-state index contributed by atoms with van der Waals surface area (Å²) in [6, 6.07) is -0.876. The Morgan fingerprint density at radius 2 is 1.94 bits per heavy atom. The molecular formula is C13H23NO4. The fraction of sp³-hybridized carbons (Fsp3) is 0.846. The summed E-state index contributed by atoms with van der Waals surface area (Å²) in [6.45, 7) is 5.38. The van der Waals surface area contributed by atoms with Gasteiger partial charge in [0.05, 0.1) is 12.0 Å². The highest BCUT2D eigenvalue weighted by Gasteiger charge is 2.40. The third-order valence-corrected chi connectivity index (χ3v) is 3.60. The van der Waals surface area contributed by atoms with E-state index in [1.54, 1.807) is 27.9 Å². The Bertz CT molecular complexity index is 323. The van der Waals surface area contributed by atoms with Crippen molar-refractivity contribution in [2.45, 2.75) is 58.1 Å². The van der Waals surface area contributed by atoms with Crippen LogP contribution in [0, 0.1) is 5.41 Å². The molecule has 1 atom stereocenters. The minimum atomic E-state index is -1.00. The van der Waals surface area contributed by atoms with Gasteiger partial charge in [-0.05, 0) is 24.7 Å². The van der Waals surface area contributed by atoms with Crippen LogP contribution < -0.4 is 5.32 Å². The molecule has 0 aromatic carbocycles. The maximum absolute atomic E-state index is 11.9. The Hall–Kier alpha value is -1.10. The number of carboxylic acids is 1. The number of carbonyl (C=O) groups excluding carboxylic acids is 1. The molecule has 5 heteroatoms. The number of nitrogens with one attached hydrogen (secondary N) is 1. The third-order valence-electron chi connectivity index (χ3n) is 3.60. The van der Waals surface area contributed by atoms with Gasteiger partial charge in [0.1, 0.15) is 6.04 Å². The number of rotatable bonds is 5. The topological polar surface area (TPSA) is 75.6 Å². The maximum Gasteiger partial charge on any atom is 0.326 e. The second-order valence-corrected chi connectivity index (χ2v) is 6.12. The molecule has 1 fully saturated rings. The smallest absolute Gasteiger partial charge is 0.326 e. The van der Waals surface area contributed by atoms with E-state index in [1.807, 2.05) is 0 Å². The molecule has 1 aliphatic rings. The molecule has 104 valence electrons. The Morgan fingerprint density at radius 1 is 1.39 bits per heavy atom. The molecule has 18 heavy (non-hydrogen) atoms. The van der Waals surface area contributed by atoms with E-state index in [1.165, 1.54) is 0 Å². The van der Waals surface area contributed by atoms with Crippen molar-refractivity contribution in [3.63, 3.8) is 0 Å². The quantitative estimate of drug-likeness (QED) is 0.783. The highest BCUT2D eigenvalue weighted by molar-refractivity contribution is 5.84. The van der Waals surface area contributed by atoms with Gasteiger partial charge >= 0.3 is 5.97 Å². The number of methoxy groups -OCH3 is 1. The average molecular weight is 257 g/mol. The summed E-state index contributed by atoms with van der Waals surface area (Å²) in [6.07, 6.45) is 3.03. The van der Waals surface area contributed by atoms with Crippen molar-refractivity contribution in [2.24, 2.45) is 5.41 Å². The number of ether oxygens (including phenoxy) is 1. The standard InChI is InChI=1S/C13H23NO4/c1-12(2,3)10(11(16)17)14-9(15)8-13(18-4)6-5-7-13/h10H,5-8H2,1-4H3,(H,14,15)(H,16,17)/t10-/m1/s1. The predicted molar refractivity (Wildman–Crippen MR) is 67.2 cm³/mol. The van der Waals surface area contributed by atoms with E-state index in [2.05, 4.69) is 5.32 Å². The number of amides is 1. The monoisotopic (exact) mass is 257 g/mol. The van der Waals surface area contributed by atoms with Crippen LogP contribution in [-0.4, -0.2) is 35.7 Å². The highest BCUT2D eigenvalue weighted by Crippen LogP contribution is 2.38. The number of aliphatic carboxylic acids is 1. The first-order valence-electron chi connectivity index (χ1n) is 6.27. The van der Waals surface area contributed by atoms with Gasteiger partial charge in [0.15, 0.2) is 0 Å². The van der Waals surface area contributed by atoms with Crippen LogP contribution in [0.2, 0.25) is 0 Å². The molecule has 1 aliphatic carbocycles. The summed E-state index contributed by atoms with van der Waals surface area (Å²) in [5.41, 5.74) is -0.883. The normalized spacial score (nSPS) is 19.8. The molecule has 1 amide bonds. The van der Waals surface area contributed by atoms with Crippen LogP contribution in [-0.2, 0) is 14.3 Å². The van der Waals surface area contributed by atoms with Crippen molar-refractivity contribution in [1.82, 2.24) is 5.32 Å². The van der Waals surface area contributed by atoms with Crippen LogP contribution in [0.15, 0.2) is 0 Å². The lowest BCUT2D eigenvalue weighted by Gasteiger charge is -2.40. The fourth-order valence-electron chi connectivity index (χ4n) is 2.18. The van der Waals surface area contributed by atoms with Crippen LogP contribution >= 0.6 is 0 Å². The Kier molecular flexibility index (Phi) is 4.37. The first-order chi connectivity index (χ1) is 8.20. The molecule has 0 heterocycles. The number of carboxylic acid groups (broad SMARTS) is 1. The van der Waals surface area contributed by atoms with Gasteiger partial charge in [-0.2, -0.15) is 0 Å². The predicted octanol–water partition coefficient (Wildman–Crippen LogP) is 1.56. The molecule has 0 radical (unpaired) electrons. The first kappa shape index (κ1) is 15.0. The van der Waals surface area contributed by atoms with E-state index >= 15 is 0 Å². The molecular weight excluding hydrogens is 234 g/mol. The van der Waals surface area contributed by atoms with Crippen LogP contribution in [0.3, 0.4) is 0 Å². The van der Waals surface area contributed by atoms with Gasteiger partial charge in [-0.3, -0.25) is 4.79 Å². The summed E-state index contributed by atoms with van der Waals surface area (Å²) >= 11 is 0. The second-order valence-electron chi connectivity index (χ2n) is 6.12. The Morgan fingerprint density at radius 3 is 2.22 bits per heavy atom. The van der Waals surface area contributed by atoms with E-state index in [9.17, 15) is 9.59 Å². The van der Waals surface area contributed by atoms with E-state index in [-0.39, 0.29) is 17.9 Å². The van der Waals surface area contributed by atoms with Gasteiger partial charge in [0.2, 0.25) is 5.91 Å². The summed E-state index contributed by atoms with van der Waals surface area (Å²) in [5.74, 6) is -1.25. The molecule has 0 bridgehead atoms. The van der Waals surface area contributed by atoms with E-state index in [0.717, 1.165) is 19.3 Å². The molecule has 1 saturated carbocycles. The van der Waals surface area contributed by atoms with Gasteiger partial charge < -0.3 is 15.2 Å². The van der Waals surface area contributed by atoms with Gasteiger partial charge in [-0.25, -0.2) is 4.79 Å². The third kappa shape index (κ3) is 3.45. The van der Waals surface area contributed by atoms with Crippen LogP contribution in [0.4, 0.5) is 0 Å². The van der Waals surface area contributed by atoms with Crippen molar-refractivity contribution < 1.29 is 19.4 Å². The summed E-state index contributed by atoms with van der Waals surface area (Å²) in [7, 11) is 1.60. The van der Waals surface area contributed by atoms with E-state index < -0.39 is 17.4 Å². The lowest BCUT2D eigenvalue weighted by atomic mass is 9.77. The minimum Gasteiger partial charge on any atom is -0.480 e.